The van der Waals surface area contributed by atoms with E-state index in [9.17, 15) is 9.18 Å². The number of amides is 1. The van der Waals surface area contributed by atoms with Gasteiger partial charge in [-0.2, -0.15) is 5.10 Å². The molecular formula is C19H15ClFN3O2. The van der Waals surface area contributed by atoms with Crippen LogP contribution in [0.15, 0.2) is 53.6 Å². The summed E-state index contributed by atoms with van der Waals surface area (Å²) in [7, 11) is 0. The van der Waals surface area contributed by atoms with E-state index in [0.29, 0.717) is 5.56 Å². The van der Waals surface area contributed by atoms with Crippen LogP contribution in [0.2, 0.25) is 5.15 Å². The van der Waals surface area contributed by atoms with Gasteiger partial charge in [0.2, 0.25) is 0 Å². The molecule has 1 amide bonds. The number of hydrogen-bond donors (Lipinski definition) is 1. The van der Waals surface area contributed by atoms with Crippen LogP contribution in [0, 0.1) is 12.7 Å². The summed E-state index contributed by atoms with van der Waals surface area (Å²) in [6, 6.07) is 13.5. The molecule has 0 saturated heterocycles. The van der Waals surface area contributed by atoms with Gasteiger partial charge in [-0.1, -0.05) is 35.9 Å². The number of fused-ring (bicyclic) bond motifs is 1. The van der Waals surface area contributed by atoms with Crippen molar-refractivity contribution in [3.63, 3.8) is 0 Å². The smallest absolute Gasteiger partial charge is 0.277 e. The second kappa shape index (κ2) is 7.93. The highest BCUT2D eigenvalue weighted by Gasteiger charge is 2.06. The molecule has 0 atom stereocenters. The minimum atomic E-state index is -0.534. The van der Waals surface area contributed by atoms with Crippen molar-refractivity contribution in [2.45, 2.75) is 6.92 Å². The zero-order valence-corrected chi connectivity index (χ0v) is 14.6. The van der Waals surface area contributed by atoms with Crippen LogP contribution in [0.5, 0.6) is 5.75 Å². The van der Waals surface area contributed by atoms with E-state index in [4.69, 9.17) is 16.3 Å². The Bertz CT molecular complexity index is 992. The summed E-state index contributed by atoms with van der Waals surface area (Å²) >= 11 is 6.15. The molecule has 7 heteroatoms. The maximum Gasteiger partial charge on any atom is 0.277 e. The third-order valence-electron chi connectivity index (χ3n) is 3.54. The zero-order valence-electron chi connectivity index (χ0n) is 13.9. The number of carbonyl (C=O) groups is 1. The Hall–Kier alpha value is -2.99. The fourth-order valence-corrected chi connectivity index (χ4v) is 2.47. The van der Waals surface area contributed by atoms with Crippen molar-refractivity contribution in [3.05, 3.63) is 70.6 Å². The maximum absolute atomic E-state index is 13.4. The number of halogens is 2. The first-order chi connectivity index (χ1) is 12.5. The molecule has 0 fully saturated rings. The fourth-order valence-electron chi connectivity index (χ4n) is 2.27. The van der Waals surface area contributed by atoms with Gasteiger partial charge < -0.3 is 4.74 Å². The van der Waals surface area contributed by atoms with E-state index < -0.39 is 11.7 Å². The summed E-state index contributed by atoms with van der Waals surface area (Å²) < 4.78 is 18.5. The Morgan fingerprint density at radius 3 is 2.92 bits per heavy atom. The van der Waals surface area contributed by atoms with E-state index in [1.807, 2.05) is 31.2 Å². The van der Waals surface area contributed by atoms with Gasteiger partial charge in [0, 0.05) is 10.9 Å². The Morgan fingerprint density at radius 1 is 1.31 bits per heavy atom. The quantitative estimate of drug-likeness (QED) is 0.421. The lowest BCUT2D eigenvalue weighted by Crippen LogP contribution is -2.24. The van der Waals surface area contributed by atoms with Crippen LogP contribution in [0.25, 0.3) is 10.9 Å². The summed E-state index contributed by atoms with van der Waals surface area (Å²) in [5.41, 5.74) is 4.74. The predicted molar refractivity (Wildman–Crippen MR) is 99.1 cm³/mol. The molecule has 0 saturated carbocycles. The molecule has 1 heterocycles. The molecule has 2 aromatic carbocycles. The molecule has 3 rings (SSSR count). The second-order valence-corrected chi connectivity index (χ2v) is 5.93. The number of carbonyl (C=O) groups excluding carboxylic acids is 1. The number of nitrogens with zero attached hydrogens (tertiary/aromatic N) is 2. The van der Waals surface area contributed by atoms with E-state index in [1.54, 1.807) is 6.07 Å². The number of pyridine rings is 1. The minimum Gasteiger partial charge on any atom is -0.481 e. The van der Waals surface area contributed by atoms with E-state index in [0.717, 1.165) is 16.5 Å². The molecule has 1 N–H and O–H groups in total. The Labute approximate surface area is 154 Å². The SMILES string of the molecule is Cc1ccc2cc(/C=N\NC(=O)COc3ccccc3F)c(Cl)nc2c1. The van der Waals surface area contributed by atoms with Crippen LogP contribution in [0.3, 0.4) is 0 Å². The van der Waals surface area contributed by atoms with Crippen molar-refractivity contribution >= 4 is 34.6 Å². The van der Waals surface area contributed by atoms with Crippen molar-refractivity contribution in [1.29, 1.82) is 0 Å². The van der Waals surface area contributed by atoms with Crippen LogP contribution in [0.4, 0.5) is 4.39 Å². The monoisotopic (exact) mass is 371 g/mol. The van der Waals surface area contributed by atoms with Crippen molar-refractivity contribution in [1.82, 2.24) is 10.4 Å². The first kappa shape index (κ1) is 17.8. The number of nitrogens with one attached hydrogen (secondary N) is 1. The normalized spacial score (nSPS) is 11.0. The summed E-state index contributed by atoms with van der Waals surface area (Å²) in [5.74, 6) is -1.05. The molecule has 1 aromatic heterocycles. The lowest BCUT2D eigenvalue weighted by molar-refractivity contribution is -0.123. The first-order valence-corrected chi connectivity index (χ1v) is 8.17. The number of aryl methyl sites for hydroxylation is 1. The number of hydrazone groups is 1. The maximum atomic E-state index is 13.4. The van der Waals surface area contributed by atoms with Gasteiger partial charge in [-0.25, -0.2) is 14.8 Å². The third-order valence-corrected chi connectivity index (χ3v) is 3.84. The molecule has 0 radical (unpaired) electrons. The van der Waals surface area contributed by atoms with Crippen molar-refractivity contribution in [2.24, 2.45) is 5.10 Å². The predicted octanol–water partition coefficient (Wildman–Crippen LogP) is 3.86. The van der Waals surface area contributed by atoms with Gasteiger partial charge in [0.05, 0.1) is 11.7 Å². The molecular weight excluding hydrogens is 357 g/mol. The topological polar surface area (TPSA) is 63.6 Å². The molecule has 0 aliphatic rings. The van der Waals surface area contributed by atoms with Crippen LogP contribution in [-0.4, -0.2) is 23.7 Å². The Morgan fingerprint density at radius 2 is 2.12 bits per heavy atom. The van der Waals surface area contributed by atoms with E-state index >= 15 is 0 Å². The van der Waals surface area contributed by atoms with Crippen molar-refractivity contribution in [3.8, 4) is 5.75 Å². The van der Waals surface area contributed by atoms with Gasteiger partial charge in [0.1, 0.15) is 5.15 Å². The van der Waals surface area contributed by atoms with Gasteiger partial charge >= 0.3 is 0 Å². The standard InChI is InChI=1S/C19H15ClFN3O2/c1-12-6-7-13-9-14(19(20)23-16(13)8-12)10-22-24-18(25)11-26-17-5-3-2-4-15(17)21/h2-10H,11H2,1H3,(H,24,25)/b22-10-. The largest absolute Gasteiger partial charge is 0.481 e. The number of benzene rings is 2. The number of rotatable bonds is 5. The zero-order chi connectivity index (χ0) is 18.5. The van der Waals surface area contributed by atoms with Crippen LogP contribution in [0.1, 0.15) is 11.1 Å². The summed E-state index contributed by atoms with van der Waals surface area (Å²) in [6.45, 7) is 1.62. The summed E-state index contributed by atoms with van der Waals surface area (Å²) in [5, 5.41) is 5.03. The van der Waals surface area contributed by atoms with E-state index in [-0.39, 0.29) is 17.5 Å². The highest BCUT2D eigenvalue weighted by Crippen LogP contribution is 2.20. The molecule has 0 unspecified atom stereocenters. The van der Waals surface area contributed by atoms with E-state index in [2.05, 4.69) is 15.5 Å². The molecule has 5 nitrogen and oxygen atoms in total. The number of para-hydroxylation sites is 1. The minimum absolute atomic E-state index is 0.00342. The average Bonchev–Trinajstić information content (AvgIpc) is 2.61. The molecule has 26 heavy (non-hydrogen) atoms. The van der Waals surface area contributed by atoms with Crippen LogP contribution < -0.4 is 10.2 Å². The van der Waals surface area contributed by atoms with Crippen LogP contribution >= 0.6 is 11.6 Å². The van der Waals surface area contributed by atoms with Crippen molar-refractivity contribution < 1.29 is 13.9 Å². The molecule has 0 aliphatic carbocycles. The number of hydrogen-bond acceptors (Lipinski definition) is 4. The third kappa shape index (κ3) is 4.34. The fraction of sp³-hybridized carbons (Fsp3) is 0.105. The van der Waals surface area contributed by atoms with Gasteiger partial charge in [-0.15, -0.1) is 0 Å². The van der Waals surface area contributed by atoms with Crippen molar-refractivity contribution in [2.75, 3.05) is 6.61 Å². The molecule has 132 valence electrons. The van der Waals surface area contributed by atoms with Gasteiger partial charge in [-0.05, 0) is 36.8 Å². The Balaban J connectivity index is 1.62. The van der Waals surface area contributed by atoms with E-state index in [1.165, 1.54) is 24.4 Å². The van der Waals surface area contributed by atoms with Gasteiger partial charge in [0.25, 0.3) is 5.91 Å². The average molecular weight is 372 g/mol. The molecule has 0 spiro atoms. The molecule has 0 aliphatic heterocycles. The lowest BCUT2D eigenvalue weighted by Gasteiger charge is -2.06. The molecule has 3 aromatic rings. The highest BCUT2D eigenvalue weighted by molar-refractivity contribution is 6.32. The van der Waals surface area contributed by atoms with Crippen LogP contribution in [-0.2, 0) is 4.79 Å². The summed E-state index contributed by atoms with van der Waals surface area (Å²) in [4.78, 5) is 16.0. The number of ether oxygens (including phenoxy) is 1. The highest BCUT2D eigenvalue weighted by atomic mass is 35.5. The summed E-state index contributed by atoms with van der Waals surface area (Å²) in [6.07, 6.45) is 1.40. The lowest BCUT2D eigenvalue weighted by atomic mass is 10.1. The Kier molecular flexibility index (Phi) is 5.43. The van der Waals surface area contributed by atoms with Gasteiger partial charge in [0.15, 0.2) is 18.2 Å². The first-order valence-electron chi connectivity index (χ1n) is 7.79. The number of aromatic nitrogens is 1. The second-order valence-electron chi connectivity index (χ2n) is 5.58. The van der Waals surface area contributed by atoms with Gasteiger partial charge in [-0.3, -0.25) is 4.79 Å². The molecule has 0 bridgehead atoms.